The number of aromatic nitrogens is 3. The minimum atomic E-state index is 0. The van der Waals surface area contributed by atoms with Crippen LogP contribution in [-0.2, 0) is 6.42 Å². The third-order valence-corrected chi connectivity index (χ3v) is 4.52. The highest BCUT2D eigenvalue weighted by molar-refractivity contribution is 5.62. The zero-order chi connectivity index (χ0) is 20.2. The van der Waals surface area contributed by atoms with Crippen molar-refractivity contribution in [1.82, 2.24) is 15.0 Å². The Morgan fingerprint density at radius 2 is 1.26 bits per heavy atom. The largest absolute Gasteiger partial charge is 0.398 e. The van der Waals surface area contributed by atoms with Crippen molar-refractivity contribution in [3.8, 4) is 0 Å². The monoisotopic (exact) mass is 374 g/mol. The second-order valence-electron chi connectivity index (χ2n) is 7.25. The Hall–Kier alpha value is -2.37. The second-order valence-corrected chi connectivity index (χ2v) is 7.25. The lowest BCUT2D eigenvalue weighted by atomic mass is 10.0. The summed E-state index contributed by atoms with van der Waals surface area (Å²) in [6.45, 7) is 16.3. The summed E-state index contributed by atoms with van der Waals surface area (Å²) in [5.74, 6) is 2.72. The number of nitrogen functional groups attached to an aromatic ring is 3. The molecule has 0 bridgehead atoms. The zero-order valence-electron chi connectivity index (χ0n) is 17.4. The van der Waals surface area contributed by atoms with Crippen LogP contribution < -0.4 is 17.2 Å². The van der Waals surface area contributed by atoms with Gasteiger partial charge in [-0.1, -0.05) is 42.0 Å². The molecule has 0 amide bonds. The predicted octanol–water partition coefficient (Wildman–Crippen LogP) is 4.68. The minimum absolute atomic E-state index is 0. The van der Waals surface area contributed by atoms with Crippen LogP contribution in [0.15, 0.2) is 0 Å². The molecule has 0 aliphatic heterocycles. The van der Waals surface area contributed by atoms with Crippen molar-refractivity contribution in [2.24, 2.45) is 0 Å². The molecular weight excluding hydrogens is 336 g/mol. The number of hydrogen-bond donors (Lipinski definition) is 3. The van der Waals surface area contributed by atoms with Crippen LogP contribution in [0.3, 0.4) is 0 Å². The van der Waals surface area contributed by atoms with E-state index in [1.807, 2.05) is 20.8 Å². The third kappa shape index (κ3) is 5.81. The number of aryl methyl sites for hydroxylation is 1. The first-order valence-corrected chi connectivity index (χ1v) is 9.16. The van der Waals surface area contributed by atoms with E-state index in [9.17, 15) is 0 Å². The fourth-order valence-electron chi connectivity index (χ4n) is 2.62. The van der Waals surface area contributed by atoms with E-state index in [4.69, 9.17) is 17.2 Å². The molecule has 0 saturated heterocycles. The van der Waals surface area contributed by atoms with Crippen LogP contribution in [0, 0.1) is 20.8 Å². The Balaban J connectivity index is 0.000000483. The Bertz CT molecular complexity index is 766. The molecule has 0 radical (unpaired) electrons. The van der Waals surface area contributed by atoms with E-state index >= 15 is 0 Å². The van der Waals surface area contributed by atoms with Gasteiger partial charge in [0.15, 0.2) is 0 Å². The van der Waals surface area contributed by atoms with E-state index in [0.29, 0.717) is 23.5 Å². The molecule has 0 aliphatic carbocycles. The summed E-state index contributed by atoms with van der Waals surface area (Å²) in [6, 6.07) is 0. The number of hydrogen-bond acceptors (Lipinski definition) is 6. The lowest BCUT2D eigenvalue weighted by Gasteiger charge is -2.14. The molecule has 0 saturated carbocycles. The third-order valence-electron chi connectivity index (χ3n) is 4.52. The van der Waals surface area contributed by atoms with Crippen molar-refractivity contribution in [3.05, 3.63) is 33.9 Å². The minimum Gasteiger partial charge on any atom is -0.398 e. The molecular formula is C21H38N6. The van der Waals surface area contributed by atoms with Crippen LogP contribution >= 0.6 is 0 Å². The Kier molecular flexibility index (Phi) is 9.21. The average molecular weight is 375 g/mol. The van der Waals surface area contributed by atoms with Crippen LogP contribution in [0.4, 0.5) is 17.3 Å². The van der Waals surface area contributed by atoms with Crippen molar-refractivity contribution in [2.75, 3.05) is 17.2 Å². The first-order valence-electron chi connectivity index (χ1n) is 9.16. The van der Waals surface area contributed by atoms with Crippen molar-refractivity contribution in [2.45, 2.75) is 81.1 Å². The Labute approximate surface area is 165 Å². The summed E-state index contributed by atoms with van der Waals surface area (Å²) in [6.07, 6.45) is 0.915. The zero-order valence-corrected chi connectivity index (χ0v) is 17.4. The molecule has 6 heteroatoms. The van der Waals surface area contributed by atoms with Gasteiger partial charge in [0.2, 0.25) is 0 Å². The van der Waals surface area contributed by atoms with E-state index in [0.717, 1.165) is 46.0 Å². The molecule has 0 aromatic carbocycles. The maximum atomic E-state index is 5.90. The number of anilines is 3. The van der Waals surface area contributed by atoms with Gasteiger partial charge in [-0.2, -0.15) is 0 Å². The molecule has 0 aliphatic rings. The lowest BCUT2D eigenvalue weighted by molar-refractivity contribution is 0.757. The first kappa shape index (κ1) is 24.6. The first-order chi connectivity index (χ1) is 12.0. The number of pyridine rings is 1. The highest BCUT2D eigenvalue weighted by atomic mass is 15.0. The van der Waals surface area contributed by atoms with Crippen molar-refractivity contribution < 1.29 is 0 Å². The Morgan fingerprint density at radius 1 is 0.741 bits per heavy atom. The van der Waals surface area contributed by atoms with Crippen LogP contribution in [0.1, 0.15) is 87.8 Å². The summed E-state index contributed by atoms with van der Waals surface area (Å²) in [5.41, 5.74) is 23.2. The second kappa shape index (κ2) is 10.1. The summed E-state index contributed by atoms with van der Waals surface area (Å²) >= 11 is 0. The molecule has 2 aromatic heterocycles. The van der Waals surface area contributed by atoms with E-state index in [-0.39, 0.29) is 7.43 Å². The maximum absolute atomic E-state index is 5.90. The van der Waals surface area contributed by atoms with E-state index in [1.165, 1.54) is 0 Å². The number of nitrogens with two attached hydrogens (primary N) is 3. The van der Waals surface area contributed by atoms with Gasteiger partial charge in [-0.05, 0) is 38.7 Å². The normalized spacial score (nSPS) is 10.4. The van der Waals surface area contributed by atoms with Gasteiger partial charge in [0.25, 0.3) is 0 Å². The molecule has 6 N–H and O–H groups in total. The molecule has 2 heterocycles. The molecule has 0 fully saturated rings. The summed E-state index contributed by atoms with van der Waals surface area (Å²) < 4.78 is 0. The van der Waals surface area contributed by atoms with Crippen molar-refractivity contribution in [1.29, 1.82) is 0 Å². The van der Waals surface area contributed by atoms with Gasteiger partial charge >= 0.3 is 0 Å². The maximum Gasteiger partial charge on any atom is 0.133 e. The molecule has 27 heavy (non-hydrogen) atoms. The quantitative estimate of drug-likeness (QED) is 0.718. The average Bonchev–Trinajstić information content (AvgIpc) is 2.58. The standard InChI is InChI=1S/2C10H17N3.CH4/c1-5-8-7(4)9(11)13-10(12-8)6(2)3;1-5(2)9-6(3)8(11)7(4)10(12)13-9;/h6H,5H2,1-4H3,(H2,11,12,13);5H,1-4H3,(H4,11,12,13);1H4. The topological polar surface area (TPSA) is 117 Å². The summed E-state index contributed by atoms with van der Waals surface area (Å²) in [7, 11) is 0. The number of nitrogens with zero attached hydrogens (tertiary/aromatic N) is 3. The lowest BCUT2D eigenvalue weighted by Crippen LogP contribution is -2.07. The van der Waals surface area contributed by atoms with Crippen LogP contribution in [-0.4, -0.2) is 15.0 Å². The van der Waals surface area contributed by atoms with Gasteiger partial charge < -0.3 is 17.2 Å². The number of rotatable bonds is 3. The predicted molar refractivity (Wildman–Crippen MR) is 118 cm³/mol. The fraction of sp³-hybridized carbons (Fsp3) is 0.571. The SMILES string of the molecule is C.CCc1nc(C(C)C)nc(N)c1C.Cc1c(N)nc(C(C)C)c(C)c1N. The molecule has 0 atom stereocenters. The van der Waals surface area contributed by atoms with Gasteiger partial charge in [-0.25, -0.2) is 15.0 Å². The molecule has 0 spiro atoms. The molecule has 152 valence electrons. The van der Waals surface area contributed by atoms with Crippen LogP contribution in [0.25, 0.3) is 0 Å². The molecule has 0 unspecified atom stereocenters. The van der Waals surface area contributed by atoms with E-state index in [1.54, 1.807) is 0 Å². The highest BCUT2D eigenvalue weighted by Crippen LogP contribution is 2.27. The van der Waals surface area contributed by atoms with Crippen LogP contribution in [0.2, 0.25) is 0 Å². The smallest absolute Gasteiger partial charge is 0.133 e. The molecule has 6 nitrogen and oxygen atoms in total. The molecule has 2 rings (SSSR count). The van der Waals surface area contributed by atoms with Gasteiger partial charge in [0.1, 0.15) is 17.5 Å². The van der Waals surface area contributed by atoms with E-state index in [2.05, 4.69) is 49.6 Å². The van der Waals surface area contributed by atoms with Gasteiger partial charge in [-0.15, -0.1) is 0 Å². The van der Waals surface area contributed by atoms with Gasteiger partial charge in [0.05, 0.1) is 5.69 Å². The summed E-state index contributed by atoms with van der Waals surface area (Å²) in [4.78, 5) is 13.0. The molecule has 2 aromatic rings. The van der Waals surface area contributed by atoms with Gasteiger partial charge in [-0.3, -0.25) is 0 Å². The highest BCUT2D eigenvalue weighted by Gasteiger charge is 2.12. The van der Waals surface area contributed by atoms with Crippen LogP contribution in [0.5, 0.6) is 0 Å². The van der Waals surface area contributed by atoms with Crippen molar-refractivity contribution in [3.63, 3.8) is 0 Å². The van der Waals surface area contributed by atoms with E-state index < -0.39 is 0 Å². The Morgan fingerprint density at radius 3 is 1.70 bits per heavy atom. The van der Waals surface area contributed by atoms with Crippen molar-refractivity contribution >= 4 is 17.3 Å². The fourth-order valence-corrected chi connectivity index (χ4v) is 2.62. The van der Waals surface area contributed by atoms with Gasteiger partial charge in [0, 0.05) is 28.4 Å². The summed E-state index contributed by atoms with van der Waals surface area (Å²) in [5, 5.41) is 0.